The summed E-state index contributed by atoms with van der Waals surface area (Å²) in [7, 11) is 0. The monoisotopic (exact) mass is 286 g/mol. The average Bonchev–Trinajstić information content (AvgIpc) is 2.49. The fourth-order valence-electron chi connectivity index (χ4n) is 1.98. The predicted octanol–water partition coefficient (Wildman–Crippen LogP) is 5.00. The Bertz CT molecular complexity index is 637. The van der Waals surface area contributed by atoms with E-state index >= 15 is 0 Å². The highest BCUT2D eigenvalue weighted by Crippen LogP contribution is 2.28. The van der Waals surface area contributed by atoms with E-state index in [0.717, 1.165) is 23.1 Å². The van der Waals surface area contributed by atoms with Gasteiger partial charge in [-0.2, -0.15) is 0 Å². The second kappa shape index (κ2) is 7.22. The molecule has 20 heavy (non-hydrogen) atoms. The summed E-state index contributed by atoms with van der Waals surface area (Å²) in [5, 5.41) is 2.31. The van der Waals surface area contributed by atoms with Crippen LogP contribution < -0.4 is 4.74 Å². The molecular formula is C18H19ClO. The van der Waals surface area contributed by atoms with Crippen LogP contribution in [0.5, 0.6) is 5.75 Å². The molecule has 2 aromatic rings. The number of alkyl halides is 1. The van der Waals surface area contributed by atoms with Crippen molar-refractivity contribution in [2.45, 2.75) is 32.8 Å². The molecule has 0 aliphatic carbocycles. The second-order valence-electron chi connectivity index (χ2n) is 4.74. The van der Waals surface area contributed by atoms with Gasteiger partial charge in [-0.3, -0.25) is 0 Å². The van der Waals surface area contributed by atoms with Crippen LogP contribution in [0.2, 0.25) is 0 Å². The van der Waals surface area contributed by atoms with E-state index in [0.29, 0.717) is 12.3 Å². The molecule has 0 bridgehead atoms. The normalized spacial score (nSPS) is 11.8. The van der Waals surface area contributed by atoms with Gasteiger partial charge in [0.2, 0.25) is 0 Å². The molecule has 0 saturated heterocycles. The van der Waals surface area contributed by atoms with Gasteiger partial charge in [0.25, 0.3) is 0 Å². The van der Waals surface area contributed by atoms with Crippen LogP contribution in [0.15, 0.2) is 36.4 Å². The zero-order valence-electron chi connectivity index (χ0n) is 11.9. The van der Waals surface area contributed by atoms with Crippen LogP contribution in [0, 0.1) is 11.8 Å². The Hall–Kier alpha value is -1.65. The molecule has 1 unspecified atom stereocenters. The minimum Gasteiger partial charge on any atom is -0.489 e. The highest BCUT2D eigenvalue weighted by molar-refractivity contribution is 6.18. The number of ether oxygens (including phenoxy) is 1. The first kappa shape index (κ1) is 14.8. The minimum absolute atomic E-state index is 0.185. The van der Waals surface area contributed by atoms with Gasteiger partial charge >= 0.3 is 0 Å². The van der Waals surface area contributed by atoms with Crippen molar-refractivity contribution in [3.8, 4) is 17.6 Å². The van der Waals surface area contributed by atoms with Crippen molar-refractivity contribution < 1.29 is 4.74 Å². The summed E-state index contributed by atoms with van der Waals surface area (Å²) >= 11 is 5.70. The maximum Gasteiger partial charge on any atom is 0.135 e. The Labute approximate surface area is 125 Å². The van der Waals surface area contributed by atoms with Crippen LogP contribution >= 0.6 is 11.6 Å². The highest BCUT2D eigenvalue weighted by Gasteiger charge is 2.09. The van der Waals surface area contributed by atoms with Gasteiger partial charge in [0.1, 0.15) is 5.75 Å². The molecule has 0 radical (unpaired) electrons. The van der Waals surface area contributed by atoms with Crippen LogP contribution in [0.3, 0.4) is 0 Å². The zero-order chi connectivity index (χ0) is 14.4. The molecule has 0 fully saturated rings. The van der Waals surface area contributed by atoms with Gasteiger partial charge < -0.3 is 4.74 Å². The lowest BCUT2D eigenvalue weighted by Gasteiger charge is -2.15. The molecule has 0 aliphatic rings. The molecule has 2 heteroatoms. The number of rotatable bonds is 4. The number of fused-ring (bicyclic) bond motifs is 1. The van der Waals surface area contributed by atoms with E-state index in [2.05, 4.69) is 43.9 Å². The van der Waals surface area contributed by atoms with Crippen LogP contribution in [0.4, 0.5) is 0 Å². The van der Waals surface area contributed by atoms with Gasteiger partial charge in [-0.25, -0.2) is 0 Å². The Balaban J connectivity index is 2.50. The van der Waals surface area contributed by atoms with Gasteiger partial charge in [-0.05, 0) is 24.8 Å². The van der Waals surface area contributed by atoms with Crippen molar-refractivity contribution in [2.75, 3.05) is 5.88 Å². The van der Waals surface area contributed by atoms with Crippen molar-refractivity contribution in [1.29, 1.82) is 0 Å². The Kier molecular flexibility index (Phi) is 5.32. The van der Waals surface area contributed by atoms with E-state index < -0.39 is 0 Å². The molecule has 1 nitrogen and oxygen atoms in total. The molecule has 0 amide bonds. The Morgan fingerprint density at radius 2 is 2.00 bits per heavy atom. The van der Waals surface area contributed by atoms with E-state index in [1.807, 2.05) is 18.2 Å². The first-order valence-electron chi connectivity index (χ1n) is 6.99. The lowest BCUT2D eigenvalue weighted by Crippen LogP contribution is -2.10. The van der Waals surface area contributed by atoms with Gasteiger partial charge in [0.15, 0.2) is 0 Å². The third-order valence-electron chi connectivity index (χ3n) is 3.23. The minimum atomic E-state index is 0.185. The molecule has 1 atom stereocenters. The predicted molar refractivity (Wildman–Crippen MR) is 86.5 cm³/mol. The number of benzene rings is 2. The lowest BCUT2D eigenvalue weighted by atomic mass is 10.0. The summed E-state index contributed by atoms with van der Waals surface area (Å²) < 4.78 is 6.00. The summed E-state index contributed by atoms with van der Waals surface area (Å²) in [6.07, 6.45) is 1.85. The molecule has 2 rings (SSSR count). The molecule has 0 saturated carbocycles. The molecule has 0 heterocycles. The van der Waals surface area contributed by atoms with Gasteiger partial charge in [0.05, 0.1) is 11.7 Å². The van der Waals surface area contributed by atoms with Crippen LogP contribution in [-0.2, 0) is 0 Å². The van der Waals surface area contributed by atoms with Gasteiger partial charge in [0, 0.05) is 17.7 Å². The van der Waals surface area contributed by atoms with Gasteiger partial charge in [-0.1, -0.05) is 49.1 Å². The quantitative estimate of drug-likeness (QED) is 0.568. The summed E-state index contributed by atoms with van der Waals surface area (Å²) in [6, 6.07) is 12.3. The van der Waals surface area contributed by atoms with Crippen molar-refractivity contribution in [3.63, 3.8) is 0 Å². The van der Waals surface area contributed by atoms with E-state index in [1.165, 1.54) is 5.39 Å². The van der Waals surface area contributed by atoms with E-state index in [9.17, 15) is 0 Å². The SMILES string of the molecule is CCC(C)Oc1ccc2ccccc2c1C#CCCCl. The summed E-state index contributed by atoms with van der Waals surface area (Å²) in [5.41, 5.74) is 0.966. The van der Waals surface area contributed by atoms with Crippen molar-refractivity contribution >= 4 is 22.4 Å². The summed E-state index contributed by atoms with van der Waals surface area (Å²) in [4.78, 5) is 0. The summed E-state index contributed by atoms with van der Waals surface area (Å²) in [5.74, 6) is 7.76. The van der Waals surface area contributed by atoms with E-state index in [1.54, 1.807) is 0 Å². The number of halogens is 1. The third kappa shape index (κ3) is 3.46. The average molecular weight is 287 g/mol. The first-order chi connectivity index (χ1) is 9.76. The molecule has 2 aromatic carbocycles. The van der Waals surface area contributed by atoms with Crippen molar-refractivity contribution in [3.05, 3.63) is 42.0 Å². The fraction of sp³-hybridized carbons (Fsp3) is 0.333. The smallest absolute Gasteiger partial charge is 0.135 e. The Morgan fingerprint density at radius 1 is 1.20 bits per heavy atom. The topological polar surface area (TPSA) is 9.23 Å². The maximum atomic E-state index is 6.00. The van der Waals surface area contributed by atoms with Crippen molar-refractivity contribution in [2.24, 2.45) is 0 Å². The van der Waals surface area contributed by atoms with E-state index in [4.69, 9.17) is 16.3 Å². The lowest BCUT2D eigenvalue weighted by molar-refractivity contribution is 0.217. The fourth-order valence-corrected chi connectivity index (χ4v) is 2.07. The third-order valence-corrected chi connectivity index (χ3v) is 3.42. The highest BCUT2D eigenvalue weighted by atomic mass is 35.5. The molecule has 0 aromatic heterocycles. The van der Waals surface area contributed by atoms with E-state index in [-0.39, 0.29) is 6.10 Å². The van der Waals surface area contributed by atoms with Crippen molar-refractivity contribution in [1.82, 2.24) is 0 Å². The Morgan fingerprint density at radius 3 is 2.75 bits per heavy atom. The number of hydrogen-bond acceptors (Lipinski definition) is 1. The second-order valence-corrected chi connectivity index (χ2v) is 5.12. The molecule has 104 valence electrons. The standard InChI is InChI=1S/C18H19ClO/c1-3-14(2)20-18-12-11-15-8-4-5-9-16(15)17(18)10-6-7-13-19/h4-5,8-9,11-12,14H,3,7,13H2,1-2H3. The molecule has 0 spiro atoms. The molecule has 0 aliphatic heterocycles. The zero-order valence-corrected chi connectivity index (χ0v) is 12.7. The largest absolute Gasteiger partial charge is 0.489 e. The first-order valence-corrected chi connectivity index (χ1v) is 7.53. The number of hydrogen-bond donors (Lipinski definition) is 0. The van der Waals surface area contributed by atoms with Crippen LogP contribution in [0.25, 0.3) is 10.8 Å². The summed E-state index contributed by atoms with van der Waals surface area (Å²) in [6.45, 7) is 4.19. The molecular weight excluding hydrogens is 268 g/mol. The maximum absolute atomic E-state index is 6.00. The van der Waals surface area contributed by atoms with Gasteiger partial charge in [-0.15, -0.1) is 11.6 Å². The van der Waals surface area contributed by atoms with Crippen LogP contribution in [-0.4, -0.2) is 12.0 Å². The molecule has 0 N–H and O–H groups in total. The van der Waals surface area contributed by atoms with Crippen LogP contribution in [0.1, 0.15) is 32.3 Å².